The summed E-state index contributed by atoms with van der Waals surface area (Å²) in [5.74, 6) is 0.427. The van der Waals surface area contributed by atoms with Crippen LogP contribution in [0.3, 0.4) is 0 Å². The van der Waals surface area contributed by atoms with Crippen LogP contribution in [0.1, 0.15) is 37.7 Å². The molecule has 0 spiro atoms. The highest BCUT2D eigenvalue weighted by Crippen LogP contribution is 2.34. The lowest BCUT2D eigenvalue weighted by atomic mass is 9.85. The van der Waals surface area contributed by atoms with Gasteiger partial charge in [0.2, 0.25) is 5.91 Å². The molecule has 2 N–H and O–H groups in total. The second-order valence-corrected chi connectivity index (χ2v) is 11.0. The van der Waals surface area contributed by atoms with E-state index in [1.54, 1.807) is 6.07 Å². The van der Waals surface area contributed by atoms with Crippen LogP contribution in [0.25, 0.3) is 27.9 Å². The summed E-state index contributed by atoms with van der Waals surface area (Å²) < 4.78 is 32.4. The van der Waals surface area contributed by atoms with E-state index in [-0.39, 0.29) is 36.5 Å². The molecular formula is C30H32FN3O5. The highest BCUT2D eigenvalue weighted by molar-refractivity contribution is 5.82. The van der Waals surface area contributed by atoms with Crippen molar-refractivity contribution in [1.29, 1.82) is 0 Å². The second kappa shape index (κ2) is 10.0. The molecule has 5 atom stereocenters. The number of nitrogens with zero attached hydrogens (tertiary/aromatic N) is 2. The Labute approximate surface area is 225 Å². The Hall–Kier alpha value is -3.27. The highest BCUT2D eigenvalue weighted by Gasteiger charge is 2.48. The third-order valence-corrected chi connectivity index (χ3v) is 8.50. The number of rotatable bonds is 5. The maximum atomic E-state index is 15.1. The van der Waals surface area contributed by atoms with E-state index in [1.807, 2.05) is 29.2 Å². The van der Waals surface area contributed by atoms with Gasteiger partial charge < -0.3 is 29.2 Å². The average Bonchev–Trinajstić information content (AvgIpc) is 3.76. The smallest absolute Gasteiger partial charge is 0.226 e. The van der Waals surface area contributed by atoms with Crippen LogP contribution in [-0.2, 0) is 14.3 Å². The quantitative estimate of drug-likeness (QED) is 0.513. The Morgan fingerprint density at radius 1 is 1.08 bits per heavy atom. The Morgan fingerprint density at radius 2 is 1.85 bits per heavy atom. The van der Waals surface area contributed by atoms with Gasteiger partial charge in [-0.25, -0.2) is 9.37 Å². The average molecular weight is 534 g/mol. The Balaban J connectivity index is 1.05. The lowest BCUT2D eigenvalue weighted by Crippen LogP contribution is -2.34. The molecule has 3 fully saturated rings. The van der Waals surface area contributed by atoms with Gasteiger partial charge in [-0.15, -0.1) is 0 Å². The van der Waals surface area contributed by atoms with Crippen molar-refractivity contribution in [2.75, 3.05) is 26.3 Å². The van der Waals surface area contributed by atoms with Gasteiger partial charge in [0, 0.05) is 36.7 Å². The van der Waals surface area contributed by atoms with Crippen molar-refractivity contribution in [2.45, 2.75) is 56.5 Å². The van der Waals surface area contributed by atoms with Crippen LogP contribution in [0.2, 0.25) is 0 Å². The number of fused-ring (bicyclic) bond motifs is 2. The summed E-state index contributed by atoms with van der Waals surface area (Å²) in [5.41, 5.74) is 4.44. The number of allylic oxidation sites excluding steroid dienone is 2. The molecule has 39 heavy (non-hydrogen) atoms. The fraction of sp³-hybridized carbons (Fsp3) is 0.467. The van der Waals surface area contributed by atoms with Crippen molar-refractivity contribution in [3.05, 3.63) is 53.9 Å². The molecule has 9 heteroatoms. The number of aliphatic hydroxyl groups excluding tert-OH is 1. The number of carbonyl (C=O) groups excluding carboxylic acids is 1. The Kier molecular flexibility index (Phi) is 6.37. The van der Waals surface area contributed by atoms with Crippen molar-refractivity contribution < 1.29 is 28.5 Å². The van der Waals surface area contributed by atoms with E-state index in [2.05, 4.69) is 16.0 Å². The van der Waals surface area contributed by atoms with E-state index >= 15 is 4.39 Å². The number of ether oxygens (including phenoxy) is 3. The maximum absolute atomic E-state index is 15.1. The molecule has 2 aromatic heterocycles. The van der Waals surface area contributed by atoms with Gasteiger partial charge in [-0.2, -0.15) is 0 Å². The zero-order valence-electron chi connectivity index (χ0n) is 21.6. The number of H-pyrrole nitrogens is 1. The molecule has 1 aliphatic carbocycles. The van der Waals surface area contributed by atoms with E-state index in [4.69, 9.17) is 14.2 Å². The van der Waals surface area contributed by atoms with Gasteiger partial charge in [-0.05, 0) is 43.2 Å². The summed E-state index contributed by atoms with van der Waals surface area (Å²) in [4.78, 5) is 22.4. The molecule has 3 aliphatic heterocycles. The third kappa shape index (κ3) is 4.62. The van der Waals surface area contributed by atoms with Gasteiger partial charge in [0.1, 0.15) is 24.0 Å². The van der Waals surface area contributed by atoms with Crippen LogP contribution >= 0.6 is 0 Å². The number of aromatic nitrogens is 2. The van der Waals surface area contributed by atoms with E-state index < -0.39 is 11.9 Å². The molecule has 4 aliphatic rings. The highest BCUT2D eigenvalue weighted by atomic mass is 19.1. The number of aliphatic hydroxyl groups is 1. The minimum atomic E-state index is -0.647. The van der Waals surface area contributed by atoms with Crippen molar-refractivity contribution in [2.24, 2.45) is 5.92 Å². The number of aromatic amines is 1. The van der Waals surface area contributed by atoms with E-state index in [9.17, 15) is 9.90 Å². The largest absolute Gasteiger partial charge is 0.470 e. The minimum absolute atomic E-state index is 0.0891. The molecule has 3 saturated heterocycles. The lowest BCUT2D eigenvalue weighted by Gasteiger charge is -2.26. The molecule has 2 unspecified atom stereocenters. The molecule has 0 saturated carbocycles. The molecule has 5 heterocycles. The summed E-state index contributed by atoms with van der Waals surface area (Å²) >= 11 is 0. The molecule has 204 valence electrons. The minimum Gasteiger partial charge on any atom is -0.470 e. The lowest BCUT2D eigenvalue weighted by molar-refractivity contribution is -0.134. The van der Waals surface area contributed by atoms with Gasteiger partial charge in [0.25, 0.3) is 0 Å². The van der Waals surface area contributed by atoms with Crippen LogP contribution in [0.5, 0.6) is 5.88 Å². The van der Waals surface area contributed by atoms with E-state index in [0.717, 1.165) is 50.8 Å². The van der Waals surface area contributed by atoms with Gasteiger partial charge in [-0.1, -0.05) is 30.3 Å². The van der Waals surface area contributed by atoms with Gasteiger partial charge in [0.05, 0.1) is 24.2 Å². The van der Waals surface area contributed by atoms with Crippen molar-refractivity contribution >= 4 is 22.5 Å². The standard InChI is InChI=1S/C30H32FN3O5/c31-21-13-22-23(14-26(32-22)39-25-16-38-28-24(35)15-37-29(25)28)33-27(21)19-7-3-17(4-8-19)18-5-9-20(10-6-18)30(36)34-11-1-2-12-34/h3-5,7-8,13-14,20,24-25,28-29,32,35H,1-2,6,9-12,15-16H2/t20?,24-,25-,28?,29-/m1/s1. The Bertz CT molecular complexity index is 1410. The number of carbonyl (C=O) groups is 1. The van der Waals surface area contributed by atoms with Crippen LogP contribution < -0.4 is 4.74 Å². The molecule has 1 amide bonds. The summed E-state index contributed by atoms with van der Waals surface area (Å²) in [5, 5.41) is 9.94. The molecule has 0 radical (unpaired) electrons. The van der Waals surface area contributed by atoms with Crippen LogP contribution in [0.4, 0.5) is 4.39 Å². The summed E-state index contributed by atoms with van der Waals surface area (Å²) in [7, 11) is 0. The predicted octanol–water partition coefficient (Wildman–Crippen LogP) is 4.08. The number of halogens is 1. The van der Waals surface area contributed by atoms with Crippen LogP contribution in [0, 0.1) is 11.7 Å². The first kappa shape index (κ1) is 24.7. The number of amides is 1. The van der Waals surface area contributed by atoms with Crippen molar-refractivity contribution in [1.82, 2.24) is 14.9 Å². The first-order valence-electron chi connectivity index (χ1n) is 13.9. The third-order valence-electron chi connectivity index (χ3n) is 8.50. The maximum Gasteiger partial charge on any atom is 0.226 e. The normalized spacial score (nSPS) is 28.6. The number of likely N-dealkylation sites (tertiary alicyclic amines) is 1. The molecule has 7 rings (SSSR count). The van der Waals surface area contributed by atoms with Gasteiger partial charge >= 0.3 is 0 Å². The van der Waals surface area contributed by atoms with Gasteiger partial charge in [-0.3, -0.25) is 4.79 Å². The zero-order valence-corrected chi connectivity index (χ0v) is 21.6. The van der Waals surface area contributed by atoms with Crippen molar-refractivity contribution in [3.63, 3.8) is 0 Å². The zero-order chi connectivity index (χ0) is 26.5. The van der Waals surface area contributed by atoms with Crippen LogP contribution in [-0.4, -0.2) is 76.6 Å². The predicted molar refractivity (Wildman–Crippen MR) is 143 cm³/mol. The SMILES string of the molecule is O=C(C1CC=C(c2ccc(-c3nc4cc(O[C@@H]5COC6[C@H](O)CO[C@@H]65)[nH]c4cc3F)cc2)CC1)N1CCCC1. The van der Waals surface area contributed by atoms with E-state index in [0.29, 0.717) is 35.0 Å². The monoisotopic (exact) mass is 533 g/mol. The first-order chi connectivity index (χ1) is 19.0. The molecular weight excluding hydrogens is 501 g/mol. The summed E-state index contributed by atoms with van der Waals surface area (Å²) in [6.45, 7) is 2.34. The van der Waals surface area contributed by atoms with E-state index in [1.165, 1.54) is 11.6 Å². The number of hydrogen-bond donors (Lipinski definition) is 2. The number of nitrogens with one attached hydrogen (secondary N) is 1. The summed E-state index contributed by atoms with van der Waals surface area (Å²) in [6, 6.07) is 11.0. The number of hydrogen-bond acceptors (Lipinski definition) is 6. The van der Waals surface area contributed by atoms with Crippen molar-refractivity contribution in [3.8, 4) is 17.1 Å². The molecule has 3 aromatic rings. The molecule has 0 bridgehead atoms. The summed E-state index contributed by atoms with van der Waals surface area (Å²) in [6.07, 6.45) is 5.22. The number of pyridine rings is 1. The van der Waals surface area contributed by atoms with Gasteiger partial charge in [0.15, 0.2) is 17.8 Å². The molecule has 1 aromatic carbocycles. The van der Waals surface area contributed by atoms with Crippen LogP contribution in [0.15, 0.2) is 42.5 Å². The topological polar surface area (TPSA) is 96.9 Å². The fourth-order valence-corrected chi connectivity index (χ4v) is 6.34. The molecule has 8 nitrogen and oxygen atoms in total. The fourth-order valence-electron chi connectivity index (χ4n) is 6.34. The Morgan fingerprint density at radius 3 is 2.62 bits per heavy atom. The number of benzene rings is 1. The first-order valence-corrected chi connectivity index (χ1v) is 13.9. The second-order valence-electron chi connectivity index (χ2n) is 11.0.